The fourth-order valence-electron chi connectivity index (χ4n) is 3.27. The summed E-state index contributed by atoms with van der Waals surface area (Å²) in [6.07, 6.45) is -4.71. The third-order valence-electron chi connectivity index (χ3n) is 4.07. The van der Waals surface area contributed by atoms with Crippen LogP contribution in [-0.4, -0.2) is 44.6 Å². The number of methoxy groups -OCH3 is 1. The van der Waals surface area contributed by atoms with Crippen molar-refractivity contribution in [1.82, 2.24) is 10.2 Å². The Morgan fingerprint density at radius 1 is 1.12 bits per heavy atom. The zero-order chi connectivity index (χ0) is 18.0. The van der Waals surface area contributed by atoms with E-state index in [1.54, 1.807) is 0 Å². The van der Waals surface area contributed by atoms with Gasteiger partial charge in [0.25, 0.3) is 0 Å². The van der Waals surface area contributed by atoms with Gasteiger partial charge in [0.2, 0.25) is 0 Å². The fraction of sp³-hybridized carbons (Fsp3) is 0.647. The number of rotatable bonds is 4. The van der Waals surface area contributed by atoms with E-state index in [4.69, 9.17) is 4.74 Å². The first kappa shape index (κ1) is 21.9. The summed E-state index contributed by atoms with van der Waals surface area (Å²) in [6, 6.07) is 4.20. The second-order valence-corrected chi connectivity index (χ2v) is 7.01. The first-order valence-corrected chi connectivity index (χ1v) is 8.00. The smallest absolute Gasteiger partial charge is 0.496 e. The van der Waals surface area contributed by atoms with Crippen LogP contribution >= 0.6 is 12.4 Å². The molecule has 0 bridgehead atoms. The maximum absolute atomic E-state index is 12.6. The highest BCUT2D eigenvalue weighted by atomic mass is 35.5. The highest BCUT2D eigenvalue weighted by Crippen LogP contribution is 2.43. The summed E-state index contributed by atoms with van der Waals surface area (Å²) in [6.45, 7) is 9.61. The van der Waals surface area contributed by atoms with Crippen LogP contribution in [0, 0.1) is 5.41 Å². The topological polar surface area (TPSA) is 33.7 Å². The maximum atomic E-state index is 12.6. The second-order valence-electron chi connectivity index (χ2n) is 7.01. The summed E-state index contributed by atoms with van der Waals surface area (Å²) in [4.78, 5) is 2.28. The molecule has 1 N–H and O–H groups in total. The van der Waals surface area contributed by atoms with Gasteiger partial charge >= 0.3 is 6.36 Å². The lowest BCUT2D eigenvalue weighted by Crippen LogP contribution is -2.48. The normalized spacial score (nSPS) is 17.6. The largest absolute Gasteiger partial charge is 0.573 e. The van der Waals surface area contributed by atoms with E-state index in [1.165, 1.54) is 25.3 Å². The Kier molecular flexibility index (Phi) is 7.40. The molecule has 1 atom stereocenters. The van der Waals surface area contributed by atoms with E-state index in [1.807, 2.05) is 0 Å². The van der Waals surface area contributed by atoms with Crippen LogP contribution in [0.2, 0.25) is 0 Å². The number of halogens is 4. The average molecular weight is 383 g/mol. The van der Waals surface area contributed by atoms with Crippen LogP contribution in [0.5, 0.6) is 11.5 Å². The molecule has 0 saturated carbocycles. The number of hydrogen-bond donors (Lipinski definition) is 1. The van der Waals surface area contributed by atoms with Gasteiger partial charge < -0.3 is 14.8 Å². The molecule has 8 heteroatoms. The lowest BCUT2D eigenvalue weighted by atomic mass is 9.80. The molecule has 1 aromatic rings. The van der Waals surface area contributed by atoms with Crippen LogP contribution in [0.25, 0.3) is 0 Å². The summed E-state index contributed by atoms with van der Waals surface area (Å²) < 4.78 is 47.2. The van der Waals surface area contributed by atoms with Crippen molar-refractivity contribution in [3.05, 3.63) is 23.8 Å². The van der Waals surface area contributed by atoms with Gasteiger partial charge in [-0.15, -0.1) is 25.6 Å². The molecule has 1 aliphatic rings. The molecule has 25 heavy (non-hydrogen) atoms. The van der Waals surface area contributed by atoms with Gasteiger partial charge in [-0.1, -0.05) is 20.8 Å². The minimum atomic E-state index is -4.71. The summed E-state index contributed by atoms with van der Waals surface area (Å²) in [5.74, 6) is 0.352. The molecule has 144 valence electrons. The summed E-state index contributed by atoms with van der Waals surface area (Å²) in [5, 5.41) is 3.30. The quantitative estimate of drug-likeness (QED) is 0.853. The van der Waals surface area contributed by atoms with Crippen molar-refractivity contribution >= 4 is 12.4 Å². The molecule has 0 radical (unpaired) electrons. The van der Waals surface area contributed by atoms with Gasteiger partial charge in [-0.05, 0) is 23.6 Å². The monoisotopic (exact) mass is 382 g/mol. The number of nitrogens with one attached hydrogen (secondary N) is 1. The summed E-state index contributed by atoms with van der Waals surface area (Å²) in [7, 11) is 1.53. The van der Waals surface area contributed by atoms with Crippen molar-refractivity contribution in [2.24, 2.45) is 5.41 Å². The Labute approximate surface area is 153 Å². The van der Waals surface area contributed by atoms with E-state index in [2.05, 4.69) is 35.7 Å². The zero-order valence-corrected chi connectivity index (χ0v) is 15.8. The number of benzene rings is 1. The Bertz CT molecular complexity index is 556. The van der Waals surface area contributed by atoms with Crippen molar-refractivity contribution < 1.29 is 22.6 Å². The molecular weight excluding hydrogens is 357 g/mol. The van der Waals surface area contributed by atoms with Crippen molar-refractivity contribution in [3.63, 3.8) is 0 Å². The molecule has 0 spiro atoms. The van der Waals surface area contributed by atoms with Crippen LogP contribution in [-0.2, 0) is 0 Å². The molecule has 0 amide bonds. The molecule has 2 rings (SSSR count). The third kappa shape index (κ3) is 5.94. The zero-order valence-electron chi connectivity index (χ0n) is 14.9. The predicted molar refractivity (Wildman–Crippen MR) is 93.6 cm³/mol. The van der Waals surface area contributed by atoms with Gasteiger partial charge in [0.05, 0.1) is 7.11 Å². The van der Waals surface area contributed by atoms with Crippen molar-refractivity contribution in [3.8, 4) is 11.5 Å². The Morgan fingerprint density at radius 3 is 2.20 bits per heavy atom. The molecule has 1 aliphatic heterocycles. The highest BCUT2D eigenvalue weighted by molar-refractivity contribution is 5.85. The van der Waals surface area contributed by atoms with Gasteiger partial charge in [0, 0.05) is 37.8 Å². The molecule has 1 fully saturated rings. The van der Waals surface area contributed by atoms with E-state index in [9.17, 15) is 13.2 Å². The Hall–Kier alpha value is -1.18. The summed E-state index contributed by atoms with van der Waals surface area (Å²) in [5.41, 5.74) is 0.537. The maximum Gasteiger partial charge on any atom is 0.573 e. The van der Waals surface area contributed by atoms with Crippen molar-refractivity contribution in [2.75, 3.05) is 33.3 Å². The molecule has 0 aliphatic carbocycles. The van der Waals surface area contributed by atoms with Crippen molar-refractivity contribution in [2.45, 2.75) is 33.2 Å². The van der Waals surface area contributed by atoms with Gasteiger partial charge in [0.15, 0.2) is 0 Å². The standard InChI is InChI=1S/C17H25F3N2O2.ClH/c1-16(2,3)15(22-9-7-21-8-10-22)13-11-12(24-17(18,19)20)5-6-14(13)23-4;/h5-6,11,15,21H,7-10H2,1-4H3;1H/t15-;/m1./s1. The van der Waals surface area contributed by atoms with Gasteiger partial charge in [0.1, 0.15) is 11.5 Å². The minimum absolute atomic E-state index is 0. The number of ether oxygens (including phenoxy) is 2. The van der Waals surface area contributed by atoms with E-state index < -0.39 is 6.36 Å². The molecule has 0 aromatic heterocycles. The number of piperazine rings is 1. The number of hydrogen-bond acceptors (Lipinski definition) is 4. The molecular formula is C17H26ClF3N2O2. The average Bonchev–Trinajstić information content (AvgIpc) is 2.46. The van der Waals surface area contributed by atoms with Crippen LogP contribution < -0.4 is 14.8 Å². The van der Waals surface area contributed by atoms with Crippen LogP contribution in [0.3, 0.4) is 0 Å². The molecule has 0 unspecified atom stereocenters. The predicted octanol–water partition coefficient (Wildman–Crippen LogP) is 4.01. The minimum Gasteiger partial charge on any atom is -0.496 e. The Morgan fingerprint density at radius 2 is 1.72 bits per heavy atom. The van der Waals surface area contributed by atoms with Crippen LogP contribution in [0.15, 0.2) is 18.2 Å². The number of alkyl halides is 3. The van der Waals surface area contributed by atoms with E-state index in [0.29, 0.717) is 11.3 Å². The summed E-state index contributed by atoms with van der Waals surface area (Å²) >= 11 is 0. The highest BCUT2D eigenvalue weighted by Gasteiger charge is 2.36. The first-order valence-electron chi connectivity index (χ1n) is 8.00. The second kappa shape index (κ2) is 8.47. The SMILES string of the molecule is COc1ccc(OC(F)(F)F)cc1[C@@H](N1CCNCC1)C(C)(C)C.Cl. The van der Waals surface area contributed by atoms with E-state index >= 15 is 0 Å². The third-order valence-corrected chi connectivity index (χ3v) is 4.07. The van der Waals surface area contributed by atoms with E-state index in [-0.39, 0.29) is 29.6 Å². The molecule has 4 nitrogen and oxygen atoms in total. The molecule has 1 aromatic carbocycles. The number of nitrogens with zero attached hydrogens (tertiary/aromatic N) is 1. The lowest BCUT2D eigenvalue weighted by molar-refractivity contribution is -0.274. The van der Waals surface area contributed by atoms with Crippen molar-refractivity contribution in [1.29, 1.82) is 0 Å². The van der Waals surface area contributed by atoms with Gasteiger partial charge in [-0.2, -0.15) is 0 Å². The van der Waals surface area contributed by atoms with Crippen LogP contribution in [0.1, 0.15) is 32.4 Å². The fourth-order valence-corrected chi connectivity index (χ4v) is 3.27. The Balaban J connectivity index is 0.00000312. The van der Waals surface area contributed by atoms with Crippen LogP contribution in [0.4, 0.5) is 13.2 Å². The first-order chi connectivity index (χ1) is 11.1. The lowest BCUT2D eigenvalue weighted by Gasteiger charge is -2.43. The van der Waals surface area contributed by atoms with E-state index in [0.717, 1.165) is 26.2 Å². The van der Waals surface area contributed by atoms with Gasteiger partial charge in [-0.25, -0.2) is 0 Å². The molecule has 1 heterocycles. The molecule has 1 saturated heterocycles. The van der Waals surface area contributed by atoms with Gasteiger partial charge in [-0.3, -0.25) is 4.90 Å².